The molecule has 1 aliphatic rings. The van der Waals surface area contributed by atoms with Gasteiger partial charge in [-0.1, -0.05) is 57.9 Å². The van der Waals surface area contributed by atoms with Gasteiger partial charge in [-0.3, -0.25) is 0 Å². The maximum absolute atomic E-state index is 11.5. The third-order valence-electron chi connectivity index (χ3n) is 3.65. The van der Waals surface area contributed by atoms with Gasteiger partial charge in [0.1, 0.15) is 0 Å². The molecule has 0 spiro atoms. The SMILES string of the molecule is CCCCCCCCCC1(C)CC=CN1[O-]. The second-order valence-electron chi connectivity index (χ2n) is 5.28. The summed E-state index contributed by atoms with van der Waals surface area (Å²) in [4.78, 5) is 0. The van der Waals surface area contributed by atoms with E-state index in [0.29, 0.717) is 0 Å². The second kappa shape index (κ2) is 6.95. The zero-order chi connectivity index (χ0) is 11.9. The van der Waals surface area contributed by atoms with Crippen molar-refractivity contribution in [2.75, 3.05) is 0 Å². The van der Waals surface area contributed by atoms with Crippen LogP contribution in [0.4, 0.5) is 0 Å². The second-order valence-corrected chi connectivity index (χ2v) is 5.28. The van der Waals surface area contributed by atoms with Crippen molar-refractivity contribution in [1.82, 2.24) is 5.06 Å². The highest BCUT2D eigenvalue weighted by Crippen LogP contribution is 2.31. The van der Waals surface area contributed by atoms with E-state index in [4.69, 9.17) is 0 Å². The van der Waals surface area contributed by atoms with Crippen LogP contribution in [0.5, 0.6) is 0 Å². The quantitative estimate of drug-likeness (QED) is 0.563. The lowest BCUT2D eigenvalue weighted by atomic mass is 9.92. The largest absolute Gasteiger partial charge is 0.758 e. The first-order chi connectivity index (χ1) is 7.69. The molecule has 0 bridgehead atoms. The molecule has 1 unspecified atom stereocenters. The van der Waals surface area contributed by atoms with Gasteiger partial charge in [0.05, 0.1) is 0 Å². The highest BCUT2D eigenvalue weighted by Gasteiger charge is 2.25. The van der Waals surface area contributed by atoms with E-state index in [9.17, 15) is 5.21 Å². The van der Waals surface area contributed by atoms with Gasteiger partial charge in [0.2, 0.25) is 0 Å². The molecule has 0 aromatic rings. The number of hydrogen-bond donors (Lipinski definition) is 0. The minimum Gasteiger partial charge on any atom is -0.758 e. The molecule has 0 aromatic heterocycles. The summed E-state index contributed by atoms with van der Waals surface area (Å²) in [5, 5.41) is 12.7. The van der Waals surface area contributed by atoms with E-state index >= 15 is 0 Å². The molecule has 0 amide bonds. The zero-order valence-electron chi connectivity index (χ0n) is 10.9. The van der Waals surface area contributed by atoms with Crippen LogP contribution in [0.3, 0.4) is 0 Å². The monoisotopic (exact) mass is 224 g/mol. The Morgan fingerprint density at radius 3 is 2.31 bits per heavy atom. The molecule has 0 aliphatic carbocycles. The lowest BCUT2D eigenvalue weighted by Gasteiger charge is -2.41. The molecule has 16 heavy (non-hydrogen) atoms. The summed E-state index contributed by atoms with van der Waals surface area (Å²) >= 11 is 0. The number of hydrogen-bond acceptors (Lipinski definition) is 2. The molecule has 0 N–H and O–H groups in total. The van der Waals surface area contributed by atoms with E-state index in [-0.39, 0.29) is 5.54 Å². The molecule has 0 aromatic carbocycles. The van der Waals surface area contributed by atoms with Crippen LogP contribution in [0.2, 0.25) is 0 Å². The van der Waals surface area contributed by atoms with Crippen LogP contribution in [-0.2, 0) is 0 Å². The van der Waals surface area contributed by atoms with Crippen LogP contribution in [0.25, 0.3) is 0 Å². The summed E-state index contributed by atoms with van der Waals surface area (Å²) in [5.41, 5.74) is -0.135. The van der Waals surface area contributed by atoms with Gasteiger partial charge in [-0.15, -0.1) is 0 Å². The molecule has 0 saturated heterocycles. The highest BCUT2D eigenvalue weighted by molar-refractivity contribution is 5.06. The molecule has 2 heteroatoms. The average Bonchev–Trinajstić information content (AvgIpc) is 2.59. The first kappa shape index (κ1) is 13.6. The maximum Gasteiger partial charge on any atom is 0.0291 e. The van der Waals surface area contributed by atoms with E-state index in [2.05, 4.69) is 13.8 Å². The molecule has 94 valence electrons. The smallest absolute Gasteiger partial charge is 0.0291 e. The van der Waals surface area contributed by atoms with E-state index in [1.165, 1.54) is 44.9 Å². The normalized spacial score (nSPS) is 24.3. The maximum atomic E-state index is 11.5. The van der Waals surface area contributed by atoms with E-state index in [1.807, 2.05) is 6.08 Å². The Kier molecular flexibility index (Phi) is 5.89. The Morgan fingerprint density at radius 1 is 1.12 bits per heavy atom. The van der Waals surface area contributed by atoms with Crippen LogP contribution in [0.1, 0.15) is 71.6 Å². The minimum atomic E-state index is -0.135. The molecule has 0 fully saturated rings. The van der Waals surface area contributed by atoms with Crippen LogP contribution in [0.15, 0.2) is 12.3 Å². The van der Waals surface area contributed by atoms with Gasteiger partial charge in [0.15, 0.2) is 0 Å². The Labute approximate surface area is 100 Å². The molecular formula is C14H26NO-. The fourth-order valence-electron chi connectivity index (χ4n) is 2.35. The van der Waals surface area contributed by atoms with E-state index in [1.54, 1.807) is 6.20 Å². The van der Waals surface area contributed by atoms with Crippen molar-refractivity contribution < 1.29 is 0 Å². The molecule has 0 saturated carbocycles. The first-order valence-electron chi connectivity index (χ1n) is 6.82. The Balaban J connectivity index is 1.99. The van der Waals surface area contributed by atoms with Crippen molar-refractivity contribution in [2.45, 2.75) is 77.2 Å². The van der Waals surface area contributed by atoms with Crippen LogP contribution >= 0.6 is 0 Å². The van der Waals surface area contributed by atoms with Crippen LogP contribution in [-0.4, -0.2) is 10.6 Å². The molecule has 1 rings (SSSR count). The number of nitrogens with zero attached hydrogens (tertiary/aromatic N) is 1. The van der Waals surface area contributed by atoms with Gasteiger partial charge in [-0.05, 0) is 26.0 Å². The van der Waals surface area contributed by atoms with Crippen molar-refractivity contribution in [3.63, 3.8) is 0 Å². The molecule has 1 heterocycles. The Hall–Kier alpha value is -0.500. The van der Waals surface area contributed by atoms with Crippen molar-refractivity contribution in [1.29, 1.82) is 0 Å². The van der Waals surface area contributed by atoms with Crippen molar-refractivity contribution >= 4 is 0 Å². The lowest BCUT2D eigenvalue weighted by Crippen LogP contribution is -2.35. The lowest BCUT2D eigenvalue weighted by molar-refractivity contribution is 0.229. The standard InChI is InChI=1S/C14H26NO/c1-3-4-5-6-7-8-9-11-14(2)12-10-13-15(14)16/h10,13H,3-9,11-12H2,1-2H3/q-1. The first-order valence-corrected chi connectivity index (χ1v) is 6.82. The molecule has 0 radical (unpaired) electrons. The predicted molar refractivity (Wildman–Crippen MR) is 70.0 cm³/mol. The fourth-order valence-corrected chi connectivity index (χ4v) is 2.35. The number of hydroxylamine groups is 2. The summed E-state index contributed by atoms with van der Waals surface area (Å²) in [5.74, 6) is 0. The Morgan fingerprint density at radius 2 is 1.75 bits per heavy atom. The summed E-state index contributed by atoms with van der Waals surface area (Å²) in [6.07, 6.45) is 14.9. The summed E-state index contributed by atoms with van der Waals surface area (Å²) < 4.78 is 0. The molecular weight excluding hydrogens is 198 g/mol. The summed E-state index contributed by atoms with van der Waals surface area (Å²) in [6, 6.07) is 0. The third kappa shape index (κ3) is 4.17. The zero-order valence-corrected chi connectivity index (χ0v) is 10.9. The average molecular weight is 224 g/mol. The molecule has 1 aliphatic heterocycles. The van der Waals surface area contributed by atoms with Crippen molar-refractivity contribution in [3.05, 3.63) is 17.5 Å². The third-order valence-corrected chi connectivity index (χ3v) is 3.65. The van der Waals surface area contributed by atoms with E-state index in [0.717, 1.165) is 17.9 Å². The van der Waals surface area contributed by atoms with Gasteiger partial charge in [0.25, 0.3) is 0 Å². The van der Waals surface area contributed by atoms with Gasteiger partial charge >= 0.3 is 0 Å². The molecule has 1 atom stereocenters. The van der Waals surface area contributed by atoms with Gasteiger partial charge in [0, 0.05) is 5.54 Å². The topological polar surface area (TPSA) is 26.3 Å². The summed E-state index contributed by atoms with van der Waals surface area (Å²) in [6.45, 7) is 4.33. The van der Waals surface area contributed by atoms with Crippen LogP contribution < -0.4 is 0 Å². The molecule has 2 nitrogen and oxygen atoms in total. The van der Waals surface area contributed by atoms with Crippen molar-refractivity contribution in [2.24, 2.45) is 0 Å². The van der Waals surface area contributed by atoms with E-state index < -0.39 is 0 Å². The van der Waals surface area contributed by atoms with Gasteiger partial charge in [-0.2, -0.15) is 0 Å². The fraction of sp³-hybridized carbons (Fsp3) is 0.857. The Bertz CT molecular complexity index is 215. The van der Waals surface area contributed by atoms with Crippen molar-refractivity contribution in [3.8, 4) is 0 Å². The minimum absolute atomic E-state index is 0.135. The van der Waals surface area contributed by atoms with Crippen LogP contribution in [0, 0.1) is 5.21 Å². The number of rotatable bonds is 8. The van der Waals surface area contributed by atoms with Gasteiger partial charge in [-0.25, -0.2) is 0 Å². The number of unbranched alkanes of at least 4 members (excludes halogenated alkanes) is 6. The van der Waals surface area contributed by atoms with Gasteiger partial charge < -0.3 is 10.3 Å². The predicted octanol–water partition coefficient (Wildman–Crippen LogP) is 4.60. The highest BCUT2D eigenvalue weighted by atomic mass is 16.5. The summed E-state index contributed by atoms with van der Waals surface area (Å²) in [7, 11) is 0.